The number of fused-ring (bicyclic) bond motifs is 1. The van der Waals surface area contributed by atoms with E-state index in [1.807, 2.05) is 13.0 Å². The fourth-order valence-electron chi connectivity index (χ4n) is 3.82. The van der Waals surface area contributed by atoms with Crippen molar-refractivity contribution in [2.45, 2.75) is 20.8 Å². The van der Waals surface area contributed by atoms with Crippen molar-refractivity contribution in [2.24, 2.45) is 0 Å². The number of aromatic nitrogens is 2. The summed E-state index contributed by atoms with van der Waals surface area (Å²) in [4.78, 5) is 8.35. The van der Waals surface area contributed by atoms with Crippen LogP contribution in [0, 0.1) is 20.8 Å². The van der Waals surface area contributed by atoms with E-state index in [0.717, 1.165) is 44.7 Å². The summed E-state index contributed by atoms with van der Waals surface area (Å²) in [5, 5.41) is 1.13. The highest BCUT2D eigenvalue weighted by Crippen LogP contribution is 2.42. The van der Waals surface area contributed by atoms with Crippen molar-refractivity contribution in [2.75, 3.05) is 0 Å². The van der Waals surface area contributed by atoms with E-state index < -0.39 is 0 Å². The Bertz CT molecular complexity index is 1310. The molecular formula is C26H22N2O. The first-order valence-electron chi connectivity index (χ1n) is 9.83. The maximum Gasteiger partial charge on any atom is 0.192 e. The van der Waals surface area contributed by atoms with Crippen molar-refractivity contribution < 1.29 is 4.42 Å². The Kier molecular flexibility index (Phi) is 4.09. The number of aryl methyl sites for hydroxylation is 3. The van der Waals surface area contributed by atoms with Crippen molar-refractivity contribution in [1.29, 1.82) is 0 Å². The number of nitrogens with one attached hydrogen (secondary N) is 1. The van der Waals surface area contributed by atoms with Crippen LogP contribution < -0.4 is 0 Å². The zero-order chi connectivity index (χ0) is 20.0. The third-order valence-corrected chi connectivity index (χ3v) is 5.33. The first-order chi connectivity index (χ1) is 14.1. The molecule has 0 saturated carbocycles. The van der Waals surface area contributed by atoms with Gasteiger partial charge in [-0.1, -0.05) is 77.9 Å². The van der Waals surface area contributed by atoms with Gasteiger partial charge in [-0.05, 0) is 25.5 Å². The third kappa shape index (κ3) is 3.05. The second-order valence-corrected chi connectivity index (χ2v) is 7.56. The van der Waals surface area contributed by atoms with E-state index in [4.69, 9.17) is 9.40 Å². The van der Waals surface area contributed by atoms with Crippen LogP contribution in [0.5, 0.6) is 0 Å². The molecule has 142 valence electrons. The molecule has 0 radical (unpaired) electrons. The summed E-state index contributed by atoms with van der Waals surface area (Å²) in [6, 6.07) is 25.4. The summed E-state index contributed by atoms with van der Waals surface area (Å²) in [7, 11) is 0. The number of hydrogen-bond donors (Lipinski definition) is 1. The fraction of sp³-hybridized carbons (Fsp3) is 0.115. The number of hydrogen-bond acceptors (Lipinski definition) is 2. The maximum atomic E-state index is 6.21. The minimum Gasteiger partial charge on any atom is -0.440 e. The van der Waals surface area contributed by atoms with Crippen molar-refractivity contribution in [1.82, 2.24) is 9.97 Å². The lowest BCUT2D eigenvalue weighted by Crippen LogP contribution is -1.86. The summed E-state index contributed by atoms with van der Waals surface area (Å²) in [5.41, 5.74) is 8.72. The molecule has 5 rings (SSSR count). The average molecular weight is 378 g/mol. The lowest BCUT2D eigenvalue weighted by atomic mass is 9.99. The highest BCUT2D eigenvalue weighted by Gasteiger charge is 2.23. The zero-order valence-corrected chi connectivity index (χ0v) is 16.8. The summed E-state index contributed by atoms with van der Waals surface area (Å²) >= 11 is 0. The maximum absolute atomic E-state index is 6.21. The highest BCUT2D eigenvalue weighted by atomic mass is 16.4. The molecule has 2 aromatic heterocycles. The molecule has 3 heteroatoms. The average Bonchev–Trinajstić information content (AvgIpc) is 3.29. The fourth-order valence-corrected chi connectivity index (χ4v) is 3.82. The molecular weight excluding hydrogens is 356 g/mol. The quantitative estimate of drug-likeness (QED) is 0.364. The van der Waals surface area contributed by atoms with Gasteiger partial charge in [0.05, 0.1) is 11.3 Å². The Morgan fingerprint density at radius 3 is 2.03 bits per heavy atom. The summed E-state index contributed by atoms with van der Waals surface area (Å²) in [6.45, 7) is 6.10. The predicted octanol–water partition coefficient (Wildman–Crippen LogP) is 7.08. The lowest BCUT2D eigenvalue weighted by Gasteiger charge is -2.06. The van der Waals surface area contributed by atoms with Crippen LogP contribution in [0.15, 0.2) is 77.2 Å². The first-order valence-corrected chi connectivity index (χ1v) is 9.83. The van der Waals surface area contributed by atoms with Crippen LogP contribution in [0.4, 0.5) is 0 Å². The van der Waals surface area contributed by atoms with Crippen molar-refractivity contribution >= 4 is 10.9 Å². The van der Waals surface area contributed by atoms with Crippen molar-refractivity contribution in [3.05, 3.63) is 89.8 Å². The van der Waals surface area contributed by atoms with Crippen LogP contribution in [-0.4, -0.2) is 9.97 Å². The van der Waals surface area contributed by atoms with Crippen LogP contribution >= 0.6 is 0 Å². The molecule has 0 unspecified atom stereocenters. The topological polar surface area (TPSA) is 41.8 Å². The van der Waals surface area contributed by atoms with Crippen LogP contribution in [0.2, 0.25) is 0 Å². The van der Waals surface area contributed by atoms with Gasteiger partial charge >= 0.3 is 0 Å². The van der Waals surface area contributed by atoms with E-state index in [-0.39, 0.29) is 0 Å². The van der Waals surface area contributed by atoms with E-state index in [1.165, 1.54) is 11.1 Å². The molecule has 0 spiro atoms. The van der Waals surface area contributed by atoms with Gasteiger partial charge < -0.3 is 9.40 Å². The van der Waals surface area contributed by atoms with E-state index in [1.54, 1.807) is 0 Å². The molecule has 2 heterocycles. The monoisotopic (exact) mass is 378 g/mol. The lowest BCUT2D eigenvalue weighted by molar-refractivity contribution is 0.535. The van der Waals surface area contributed by atoms with Gasteiger partial charge in [-0.15, -0.1) is 0 Å². The molecule has 1 N–H and O–H groups in total. The Balaban J connectivity index is 1.81. The molecule has 0 amide bonds. The number of H-pyrrole nitrogens is 1. The third-order valence-electron chi connectivity index (χ3n) is 5.33. The normalized spacial score (nSPS) is 11.3. The van der Waals surface area contributed by atoms with Gasteiger partial charge in [0.15, 0.2) is 11.7 Å². The van der Waals surface area contributed by atoms with Gasteiger partial charge in [-0.25, -0.2) is 4.98 Å². The first kappa shape index (κ1) is 17.5. The van der Waals surface area contributed by atoms with Crippen LogP contribution in [0.3, 0.4) is 0 Å². The second kappa shape index (κ2) is 6.78. The van der Waals surface area contributed by atoms with Gasteiger partial charge in [0, 0.05) is 23.4 Å². The largest absolute Gasteiger partial charge is 0.440 e. The van der Waals surface area contributed by atoms with Gasteiger partial charge in [0.2, 0.25) is 0 Å². The molecule has 0 aliphatic carbocycles. The molecule has 0 bridgehead atoms. The second-order valence-electron chi connectivity index (χ2n) is 7.56. The number of aromatic amines is 1. The summed E-state index contributed by atoms with van der Waals surface area (Å²) in [6.07, 6.45) is 0. The van der Waals surface area contributed by atoms with Crippen LogP contribution in [-0.2, 0) is 0 Å². The minimum absolute atomic E-state index is 0.663. The van der Waals surface area contributed by atoms with Gasteiger partial charge in [-0.3, -0.25) is 0 Å². The number of oxazole rings is 1. The van der Waals surface area contributed by atoms with E-state index in [2.05, 4.69) is 85.6 Å². The number of rotatable bonds is 3. The van der Waals surface area contributed by atoms with E-state index in [0.29, 0.717) is 5.89 Å². The van der Waals surface area contributed by atoms with E-state index in [9.17, 15) is 0 Å². The van der Waals surface area contributed by atoms with Gasteiger partial charge in [0.1, 0.15) is 5.69 Å². The Labute approximate surface area is 170 Å². The van der Waals surface area contributed by atoms with Gasteiger partial charge in [-0.2, -0.15) is 0 Å². The molecule has 0 aliphatic heterocycles. The molecule has 0 atom stereocenters. The molecule has 0 saturated heterocycles. The number of nitrogens with zero attached hydrogens (tertiary/aromatic N) is 1. The smallest absolute Gasteiger partial charge is 0.192 e. The standard InChI is InChI=1S/C26H22N2O/c1-16-8-12-19(13-9-16)24-23(21-6-4-5-7-22(21)28-24)26-25(27-18(3)29-26)20-14-10-17(2)11-15-20/h4-15,28H,1-3H3. The SMILES string of the molecule is Cc1ccc(-c2nc(C)oc2-c2c(-c3ccc(C)cc3)[nH]c3ccccc23)cc1. The summed E-state index contributed by atoms with van der Waals surface area (Å²) in [5.74, 6) is 1.47. The Hall–Kier alpha value is -3.59. The van der Waals surface area contributed by atoms with Crippen LogP contribution in [0.1, 0.15) is 17.0 Å². The number of benzene rings is 3. The number of para-hydroxylation sites is 1. The minimum atomic E-state index is 0.663. The Morgan fingerprint density at radius 1 is 0.724 bits per heavy atom. The van der Waals surface area contributed by atoms with E-state index >= 15 is 0 Å². The molecule has 29 heavy (non-hydrogen) atoms. The molecule has 0 fully saturated rings. The van der Waals surface area contributed by atoms with Crippen LogP contribution in [0.25, 0.3) is 44.7 Å². The predicted molar refractivity (Wildman–Crippen MR) is 119 cm³/mol. The molecule has 3 aromatic carbocycles. The highest BCUT2D eigenvalue weighted by molar-refractivity contribution is 6.04. The summed E-state index contributed by atoms with van der Waals surface area (Å²) < 4.78 is 6.21. The molecule has 0 aliphatic rings. The van der Waals surface area contributed by atoms with Gasteiger partial charge in [0.25, 0.3) is 0 Å². The zero-order valence-electron chi connectivity index (χ0n) is 16.8. The Morgan fingerprint density at radius 2 is 1.34 bits per heavy atom. The van der Waals surface area contributed by atoms with Crippen molar-refractivity contribution in [3.8, 4) is 33.8 Å². The van der Waals surface area contributed by atoms with Crippen molar-refractivity contribution in [3.63, 3.8) is 0 Å². The molecule has 3 nitrogen and oxygen atoms in total. The molecule has 5 aromatic rings.